The predicted molar refractivity (Wildman–Crippen MR) is 80.2 cm³/mol. The van der Waals surface area contributed by atoms with Crippen LogP contribution >= 0.6 is 22.9 Å². The van der Waals surface area contributed by atoms with Crippen LogP contribution in [0.25, 0.3) is 0 Å². The van der Waals surface area contributed by atoms with Crippen molar-refractivity contribution in [3.63, 3.8) is 0 Å². The Labute approximate surface area is 126 Å². The van der Waals surface area contributed by atoms with E-state index in [1.165, 1.54) is 23.5 Å². The molecule has 0 aliphatic rings. The van der Waals surface area contributed by atoms with Gasteiger partial charge >= 0.3 is 0 Å². The molecule has 0 fully saturated rings. The van der Waals surface area contributed by atoms with Crippen molar-refractivity contribution in [1.82, 2.24) is 9.71 Å². The van der Waals surface area contributed by atoms with Gasteiger partial charge < -0.3 is 5.73 Å². The molecular weight excluding hydrogens is 318 g/mol. The number of benzene rings is 1. The second-order valence-electron chi connectivity index (χ2n) is 4.18. The maximum atomic E-state index is 12.2. The van der Waals surface area contributed by atoms with Crippen molar-refractivity contribution in [3.8, 4) is 0 Å². The van der Waals surface area contributed by atoms with Crippen molar-refractivity contribution < 1.29 is 8.42 Å². The van der Waals surface area contributed by atoms with E-state index in [2.05, 4.69) is 9.71 Å². The molecular formula is C12H14ClN3O2S2. The lowest BCUT2D eigenvalue weighted by Crippen LogP contribution is -2.23. The van der Waals surface area contributed by atoms with Crippen molar-refractivity contribution in [2.45, 2.75) is 24.9 Å². The van der Waals surface area contributed by atoms with E-state index in [0.717, 1.165) is 5.69 Å². The summed E-state index contributed by atoms with van der Waals surface area (Å²) in [4.78, 5) is 4.24. The molecule has 3 N–H and O–H groups in total. The third-order valence-corrected chi connectivity index (χ3v) is 5.45. The largest absolute Gasteiger partial charge is 0.326 e. The number of nitrogens with two attached hydrogens (primary N) is 1. The van der Waals surface area contributed by atoms with Gasteiger partial charge in [0.15, 0.2) is 0 Å². The second-order valence-corrected chi connectivity index (χ2v) is 7.26. The fourth-order valence-electron chi connectivity index (χ4n) is 1.60. The molecule has 20 heavy (non-hydrogen) atoms. The molecule has 2 aromatic rings. The van der Waals surface area contributed by atoms with Gasteiger partial charge in [-0.1, -0.05) is 17.7 Å². The number of thiazole rings is 1. The smallest absolute Gasteiger partial charge is 0.242 e. The molecule has 0 saturated heterocycles. The lowest BCUT2D eigenvalue weighted by Gasteiger charge is -2.08. The van der Waals surface area contributed by atoms with E-state index in [0.29, 0.717) is 10.6 Å². The lowest BCUT2D eigenvalue weighted by molar-refractivity contribution is 0.581. The minimum atomic E-state index is -3.68. The van der Waals surface area contributed by atoms with E-state index < -0.39 is 10.0 Å². The summed E-state index contributed by atoms with van der Waals surface area (Å²) in [5.74, 6) is 0. The van der Waals surface area contributed by atoms with Crippen LogP contribution in [0.5, 0.6) is 0 Å². The Morgan fingerprint density at radius 1 is 1.45 bits per heavy atom. The van der Waals surface area contributed by atoms with Crippen molar-refractivity contribution in [3.05, 3.63) is 44.9 Å². The molecule has 108 valence electrons. The maximum Gasteiger partial charge on any atom is 0.242 e. The molecule has 0 radical (unpaired) electrons. The van der Waals surface area contributed by atoms with E-state index in [4.69, 9.17) is 17.3 Å². The third-order valence-electron chi connectivity index (χ3n) is 2.60. The van der Waals surface area contributed by atoms with Crippen molar-refractivity contribution in [2.24, 2.45) is 5.73 Å². The highest BCUT2D eigenvalue weighted by Crippen LogP contribution is 2.23. The van der Waals surface area contributed by atoms with E-state index in [9.17, 15) is 8.42 Å². The van der Waals surface area contributed by atoms with Gasteiger partial charge in [0.25, 0.3) is 0 Å². The number of sulfonamides is 1. The van der Waals surface area contributed by atoms with Crippen molar-refractivity contribution >= 4 is 33.0 Å². The molecule has 8 heteroatoms. The summed E-state index contributed by atoms with van der Waals surface area (Å²) in [7, 11) is -3.68. The Morgan fingerprint density at radius 3 is 2.80 bits per heavy atom. The second kappa shape index (κ2) is 6.19. The summed E-state index contributed by atoms with van der Waals surface area (Å²) in [6.07, 6.45) is 0. The number of nitrogens with one attached hydrogen (secondary N) is 1. The highest BCUT2D eigenvalue weighted by Gasteiger charge is 2.18. The van der Waals surface area contributed by atoms with Crippen LogP contribution in [-0.4, -0.2) is 13.4 Å². The zero-order valence-corrected chi connectivity index (χ0v) is 13.1. The van der Waals surface area contributed by atoms with Gasteiger partial charge in [-0.15, -0.1) is 11.3 Å². The summed E-state index contributed by atoms with van der Waals surface area (Å²) < 4.78 is 27.0. The van der Waals surface area contributed by atoms with Gasteiger partial charge in [0, 0.05) is 17.6 Å². The Morgan fingerprint density at radius 2 is 2.20 bits per heavy atom. The van der Waals surface area contributed by atoms with Crippen LogP contribution in [0.1, 0.15) is 16.3 Å². The van der Waals surface area contributed by atoms with Crippen LogP contribution in [-0.2, 0) is 23.1 Å². The fraction of sp³-hybridized carbons (Fsp3) is 0.250. The fourth-order valence-corrected chi connectivity index (χ4v) is 3.94. The quantitative estimate of drug-likeness (QED) is 0.878. The zero-order chi connectivity index (χ0) is 14.8. The molecule has 0 aliphatic heterocycles. The number of aromatic nitrogens is 1. The number of nitrogens with zero attached hydrogens (tertiary/aromatic N) is 1. The lowest BCUT2D eigenvalue weighted by atomic mass is 10.2. The summed E-state index contributed by atoms with van der Waals surface area (Å²) in [6, 6.07) is 4.72. The van der Waals surface area contributed by atoms with E-state index in [-0.39, 0.29) is 23.0 Å². The molecule has 0 unspecified atom stereocenters. The number of halogens is 1. The monoisotopic (exact) mass is 331 g/mol. The topological polar surface area (TPSA) is 85.1 Å². The molecule has 0 atom stereocenters. The summed E-state index contributed by atoms with van der Waals surface area (Å²) >= 11 is 7.36. The minimum Gasteiger partial charge on any atom is -0.326 e. The summed E-state index contributed by atoms with van der Waals surface area (Å²) in [6.45, 7) is 2.26. The van der Waals surface area contributed by atoms with Crippen LogP contribution in [0.15, 0.2) is 28.5 Å². The van der Waals surface area contributed by atoms with Gasteiger partial charge in [-0.3, -0.25) is 0 Å². The van der Waals surface area contributed by atoms with Gasteiger partial charge in [-0.05, 0) is 24.6 Å². The van der Waals surface area contributed by atoms with Crippen molar-refractivity contribution in [2.75, 3.05) is 0 Å². The van der Waals surface area contributed by atoms with Gasteiger partial charge in [0.1, 0.15) is 9.90 Å². The first-order valence-corrected chi connectivity index (χ1v) is 8.55. The predicted octanol–water partition coefficient (Wildman–Crippen LogP) is 2.04. The first kappa shape index (κ1) is 15.4. The Bertz CT molecular complexity index is 713. The van der Waals surface area contributed by atoms with Crippen molar-refractivity contribution in [1.29, 1.82) is 0 Å². The summed E-state index contributed by atoms with van der Waals surface area (Å²) in [5, 5.41) is 2.74. The van der Waals surface area contributed by atoms with Gasteiger partial charge in [-0.2, -0.15) is 0 Å². The van der Waals surface area contributed by atoms with Crippen LogP contribution in [0, 0.1) is 6.92 Å². The Hall–Kier alpha value is -0.990. The molecule has 5 nitrogen and oxygen atoms in total. The maximum absolute atomic E-state index is 12.2. The molecule has 2 rings (SSSR count). The van der Waals surface area contributed by atoms with E-state index in [1.54, 1.807) is 6.07 Å². The summed E-state index contributed by atoms with van der Waals surface area (Å²) in [5.41, 5.74) is 7.09. The number of hydrogen-bond donors (Lipinski definition) is 2. The first-order valence-electron chi connectivity index (χ1n) is 5.81. The van der Waals surface area contributed by atoms with Crippen LogP contribution in [0.4, 0.5) is 0 Å². The van der Waals surface area contributed by atoms with Crippen LogP contribution < -0.4 is 10.5 Å². The average Bonchev–Trinajstić information content (AvgIpc) is 2.83. The highest BCUT2D eigenvalue weighted by molar-refractivity contribution is 7.89. The molecule has 0 saturated carbocycles. The SMILES string of the molecule is Cc1csc(CNS(=O)(=O)c2cc(CN)ccc2Cl)n1. The average molecular weight is 332 g/mol. The molecule has 0 bridgehead atoms. The Balaban J connectivity index is 2.21. The molecule has 0 aliphatic carbocycles. The van der Waals surface area contributed by atoms with Gasteiger partial charge in [0.2, 0.25) is 10.0 Å². The Kier molecular flexibility index (Phi) is 4.77. The zero-order valence-electron chi connectivity index (χ0n) is 10.8. The van der Waals surface area contributed by atoms with Gasteiger partial charge in [0.05, 0.1) is 11.6 Å². The molecule has 1 aromatic heterocycles. The van der Waals surface area contributed by atoms with Crippen LogP contribution in [0.2, 0.25) is 5.02 Å². The van der Waals surface area contributed by atoms with Gasteiger partial charge in [-0.25, -0.2) is 18.1 Å². The first-order chi connectivity index (χ1) is 9.42. The molecule has 1 aromatic carbocycles. The number of aryl methyl sites for hydroxylation is 1. The van der Waals surface area contributed by atoms with E-state index >= 15 is 0 Å². The molecule has 0 amide bonds. The number of hydrogen-bond acceptors (Lipinski definition) is 5. The standard InChI is InChI=1S/C12H14ClN3O2S2/c1-8-7-19-12(16-8)6-15-20(17,18)11-4-9(5-14)2-3-10(11)13/h2-4,7,15H,5-6,14H2,1H3. The molecule has 1 heterocycles. The van der Waals surface area contributed by atoms with E-state index in [1.807, 2.05) is 12.3 Å². The normalized spacial score (nSPS) is 11.8. The minimum absolute atomic E-state index is 0.0374. The third kappa shape index (κ3) is 3.56. The van der Waals surface area contributed by atoms with Crippen LogP contribution in [0.3, 0.4) is 0 Å². The highest BCUT2D eigenvalue weighted by atomic mass is 35.5. The molecule has 0 spiro atoms. The number of rotatable bonds is 5.